The summed E-state index contributed by atoms with van der Waals surface area (Å²) >= 11 is 0. The number of pyridine rings is 1. The molecular formula is C19H20N2O2. The van der Waals surface area contributed by atoms with Gasteiger partial charge in [0.15, 0.2) is 0 Å². The Bertz CT molecular complexity index is 867. The molecule has 0 bridgehead atoms. The molecule has 0 unspecified atom stereocenters. The van der Waals surface area contributed by atoms with Crippen molar-refractivity contribution in [1.29, 1.82) is 0 Å². The fraction of sp³-hybridized carbons (Fsp3) is 0.211. The van der Waals surface area contributed by atoms with Crippen LogP contribution < -0.4 is 10.9 Å². The van der Waals surface area contributed by atoms with Crippen molar-refractivity contribution < 1.29 is 5.11 Å². The van der Waals surface area contributed by atoms with Crippen LogP contribution in [0.5, 0.6) is 5.75 Å². The maximum absolute atomic E-state index is 11.4. The van der Waals surface area contributed by atoms with Crippen molar-refractivity contribution in [2.45, 2.75) is 19.9 Å². The number of aryl methyl sites for hydroxylation is 1. The Morgan fingerprint density at radius 3 is 2.61 bits per heavy atom. The van der Waals surface area contributed by atoms with Crippen LogP contribution in [0.25, 0.3) is 10.9 Å². The molecule has 4 nitrogen and oxygen atoms in total. The highest BCUT2D eigenvalue weighted by atomic mass is 16.3. The third-order valence-corrected chi connectivity index (χ3v) is 3.98. The quantitative estimate of drug-likeness (QED) is 0.635. The van der Waals surface area contributed by atoms with Gasteiger partial charge in [-0.1, -0.05) is 35.9 Å². The van der Waals surface area contributed by atoms with Gasteiger partial charge in [0.1, 0.15) is 5.75 Å². The zero-order valence-corrected chi connectivity index (χ0v) is 13.1. The molecule has 0 aliphatic rings. The van der Waals surface area contributed by atoms with E-state index in [2.05, 4.69) is 41.5 Å². The van der Waals surface area contributed by atoms with Crippen molar-refractivity contribution in [1.82, 2.24) is 10.3 Å². The lowest BCUT2D eigenvalue weighted by Crippen LogP contribution is -2.17. The average Bonchev–Trinajstić information content (AvgIpc) is 2.55. The average molecular weight is 308 g/mol. The second kappa shape index (κ2) is 6.67. The highest BCUT2D eigenvalue weighted by Gasteiger charge is 2.06. The van der Waals surface area contributed by atoms with Crippen LogP contribution in [0.15, 0.2) is 53.3 Å². The lowest BCUT2D eigenvalue weighted by molar-refractivity contribution is 0.480. The van der Waals surface area contributed by atoms with Crippen molar-refractivity contribution in [3.8, 4) is 5.75 Å². The molecule has 23 heavy (non-hydrogen) atoms. The lowest BCUT2D eigenvalue weighted by Gasteiger charge is -2.09. The number of hydrogen-bond acceptors (Lipinski definition) is 3. The highest BCUT2D eigenvalue weighted by molar-refractivity contribution is 5.87. The van der Waals surface area contributed by atoms with E-state index in [1.54, 1.807) is 12.1 Å². The van der Waals surface area contributed by atoms with Gasteiger partial charge in [-0.05, 0) is 43.1 Å². The van der Waals surface area contributed by atoms with E-state index in [4.69, 9.17) is 0 Å². The lowest BCUT2D eigenvalue weighted by atomic mass is 10.0. The predicted octanol–water partition coefficient (Wildman–Crippen LogP) is 2.87. The Morgan fingerprint density at radius 2 is 1.83 bits per heavy atom. The molecule has 0 fully saturated rings. The summed E-state index contributed by atoms with van der Waals surface area (Å²) in [5.41, 5.74) is 3.93. The van der Waals surface area contributed by atoms with Gasteiger partial charge in [0.05, 0.1) is 5.52 Å². The van der Waals surface area contributed by atoms with Crippen molar-refractivity contribution in [2.75, 3.05) is 6.54 Å². The van der Waals surface area contributed by atoms with Crippen LogP contribution >= 0.6 is 0 Å². The van der Waals surface area contributed by atoms with Gasteiger partial charge in [0.25, 0.3) is 0 Å². The first-order valence-electron chi connectivity index (χ1n) is 7.73. The first-order valence-corrected chi connectivity index (χ1v) is 7.73. The summed E-state index contributed by atoms with van der Waals surface area (Å²) < 4.78 is 0. The first-order chi connectivity index (χ1) is 11.1. The van der Waals surface area contributed by atoms with Crippen LogP contribution in [-0.2, 0) is 13.0 Å². The molecule has 0 saturated carbocycles. The normalized spacial score (nSPS) is 11.0. The number of nitrogens with one attached hydrogen (secondary N) is 2. The number of phenolic OH excluding ortho intramolecular Hbond substituents is 1. The van der Waals surface area contributed by atoms with Crippen LogP contribution in [0, 0.1) is 6.92 Å². The van der Waals surface area contributed by atoms with Crippen molar-refractivity contribution in [3.05, 3.63) is 75.6 Å². The van der Waals surface area contributed by atoms with Gasteiger partial charge >= 0.3 is 0 Å². The molecule has 0 aliphatic heterocycles. The molecule has 0 radical (unpaired) electrons. The molecule has 2 aromatic carbocycles. The van der Waals surface area contributed by atoms with Crippen LogP contribution in [0.2, 0.25) is 0 Å². The summed E-state index contributed by atoms with van der Waals surface area (Å²) in [6, 6.07) is 15.3. The third kappa shape index (κ3) is 3.60. The SMILES string of the molecule is Cc1ccc(CNCCc2ccc(O)c3[nH]c(=O)ccc23)cc1. The topological polar surface area (TPSA) is 65.1 Å². The molecule has 3 N–H and O–H groups in total. The largest absolute Gasteiger partial charge is 0.506 e. The Kier molecular flexibility index (Phi) is 4.44. The van der Waals surface area contributed by atoms with E-state index in [1.165, 1.54) is 17.2 Å². The molecule has 3 aromatic rings. The van der Waals surface area contributed by atoms with Crippen LogP contribution in [0.3, 0.4) is 0 Å². The molecular weight excluding hydrogens is 288 g/mol. The van der Waals surface area contributed by atoms with Crippen LogP contribution in [-0.4, -0.2) is 16.6 Å². The van der Waals surface area contributed by atoms with E-state index >= 15 is 0 Å². The fourth-order valence-corrected chi connectivity index (χ4v) is 2.68. The van der Waals surface area contributed by atoms with Gasteiger partial charge in [-0.3, -0.25) is 4.79 Å². The van der Waals surface area contributed by atoms with Crippen molar-refractivity contribution in [3.63, 3.8) is 0 Å². The minimum atomic E-state index is -0.206. The number of phenols is 1. The van der Waals surface area contributed by atoms with E-state index in [1.807, 2.05) is 6.07 Å². The molecule has 4 heteroatoms. The number of fused-ring (bicyclic) bond motifs is 1. The van der Waals surface area contributed by atoms with Gasteiger partial charge in [0, 0.05) is 18.0 Å². The summed E-state index contributed by atoms with van der Waals surface area (Å²) in [4.78, 5) is 14.1. The summed E-state index contributed by atoms with van der Waals surface area (Å²) in [5.74, 6) is 0.106. The minimum absolute atomic E-state index is 0.106. The highest BCUT2D eigenvalue weighted by Crippen LogP contribution is 2.24. The van der Waals surface area contributed by atoms with Gasteiger partial charge in [-0.15, -0.1) is 0 Å². The summed E-state index contributed by atoms with van der Waals surface area (Å²) in [6.45, 7) is 3.73. The number of H-pyrrole nitrogens is 1. The summed E-state index contributed by atoms with van der Waals surface area (Å²) in [5, 5.41) is 14.2. The number of aromatic amines is 1. The molecule has 0 amide bonds. The Labute approximate surface area is 134 Å². The fourth-order valence-electron chi connectivity index (χ4n) is 2.68. The molecule has 1 aromatic heterocycles. The summed E-state index contributed by atoms with van der Waals surface area (Å²) in [6.07, 6.45) is 0.828. The molecule has 0 saturated heterocycles. The number of hydrogen-bond donors (Lipinski definition) is 3. The maximum atomic E-state index is 11.4. The van der Waals surface area contributed by atoms with Gasteiger partial charge in [-0.2, -0.15) is 0 Å². The van der Waals surface area contributed by atoms with E-state index < -0.39 is 0 Å². The number of rotatable bonds is 5. The van der Waals surface area contributed by atoms with Gasteiger partial charge < -0.3 is 15.4 Å². The molecule has 1 heterocycles. The zero-order chi connectivity index (χ0) is 16.2. The number of aromatic hydroxyl groups is 1. The van der Waals surface area contributed by atoms with Gasteiger partial charge in [0.2, 0.25) is 5.56 Å². The number of aromatic nitrogens is 1. The Morgan fingerprint density at radius 1 is 1.04 bits per heavy atom. The minimum Gasteiger partial charge on any atom is -0.506 e. The van der Waals surface area contributed by atoms with Crippen molar-refractivity contribution >= 4 is 10.9 Å². The van der Waals surface area contributed by atoms with E-state index in [9.17, 15) is 9.90 Å². The van der Waals surface area contributed by atoms with Gasteiger partial charge in [-0.25, -0.2) is 0 Å². The monoisotopic (exact) mass is 308 g/mol. The van der Waals surface area contributed by atoms with Crippen LogP contribution in [0.4, 0.5) is 0 Å². The second-order valence-electron chi connectivity index (χ2n) is 5.77. The third-order valence-electron chi connectivity index (χ3n) is 3.98. The molecule has 3 rings (SSSR count). The molecule has 118 valence electrons. The van der Waals surface area contributed by atoms with E-state index in [-0.39, 0.29) is 11.3 Å². The van der Waals surface area contributed by atoms with E-state index in [0.29, 0.717) is 5.52 Å². The standard InChI is InChI=1S/C19H20N2O2/c1-13-2-4-14(5-3-13)12-20-11-10-15-6-8-17(22)19-16(15)7-9-18(23)21-19/h2-9,20,22H,10-12H2,1H3,(H,21,23). The first kappa shape index (κ1) is 15.3. The number of benzene rings is 2. The Balaban J connectivity index is 1.66. The summed E-state index contributed by atoms with van der Waals surface area (Å²) in [7, 11) is 0. The molecule has 0 atom stereocenters. The van der Waals surface area contributed by atoms with Crippen LogP contribution in [0.1, 0.15) is 16.7 Å². The second-order valence-corrected chi connectivity index (χ2v) is 5.77. The van der Waals surface area contributed by atoms with E-state index in [0.717, 1.165) is 30.5 Å². The zero-order valence-electron chi connectivity index (χ0n) is 13.1. The Hall–Kier alpha value is -2.59. The molecule has 0 spiro atoms. The predicted molar refractivity (Wildman–Crippen MR) is 92.8 cm³/mol. The smallest absolute Gasteiger partial charge is 0.248 e. The van der Waals surface area contributed by atoms with Crippen molar-refractivity contribution in [2.24, 2.45) is 0 Å². The molecule has 0 aliphatic carbocycles. The maximum Gasteiger partial charge on any atom is 0.248 e.